The first-order valence-corrected chi connectivity index (χ1v) is 12.0. The number of nitrogens with one attached hydrogen (secondary N) is 1. The Bertz CT molecular complexity index is 1230. The summed E-state index contributed by atoms with van der Waals surface area (Å²) in [7, 11) is 1.61. The molecule has 4 rings (SSSR count). The van der Waals surface area contributed by atoms with Crippen LogP contribution in [-0.4, -0.2) is 49.6 Å². The number of piperidine rings is 1. The number of likely N-dealkylation sites (tertiary alicyclic amines) is 1. The summed E-state index contributed by atoms with van der Waals surface area (Å²) in [6, 6.07) is 0. The summed E-state index contributed by atoms with van der Waals surface area (Å²) in [5.41, 5.74) is 2.33. The molecule has 0 spiro atoms. The molecule has 32 heavy (non-hydrogen) atoms. The molecule has 0 aromatic carbocycles. The zero-order valence-corrected chi connectivity index (χ0v) is 20.0. The number of aromatic nitrogens is 4. The first-order valence-electron chi connectivity index (χ1n) is 10.3. The van der Waals surface area contributed by atoms with Gasteiger partial charge in [-0.15, -0.1) is 22.7 Å². The van der Waals surface area contributed by atoms with E-state index in [9.17, 15) is 14.4 Å². The van der Waals surface area contributed by atoms with Crippen LogP contribution in [0, 0.1) is 26.7 Å². The van der Waals surface area contributed by atoms with Crippen LogP contribution in [0.5, 0.6) is 0 Å². The molecule has 0 bridgehead atoms. The molecule has 4 heterocycles. The topological polar surface area (TPSA) is 110 Å². The van der Waals surface area contributed by atoms with Gasteiger partial charge in [0.15, 0.2) is 5.13 Å². The van der Waals surface area contributed by atoms with Gasteiger partial charge in [-0.05, 0) is 39.2 Å². The Morgan fingerprint density at radius 1 is 1.22 bits per heavy atom. The maximum absolute atomic E-state index is 13.3. The second-order valence-corrected chi connectivity index (χ2v) is 9.76. The van der Waals surface area contributed by atoms with Gasteiger partial charge >= 0.3 is 0 Å². The Morgan fingerprint density at radius 2 is 2.00 bits per heavy atom. The second kappa shape index (κ2) is 8.91. The van der Waals surface area contributed by atoms with Crippen molar-refractivity contribution in [3.05, 3.63) is 43.8 Å². The Balaban J connectivity index is 1.56. The summed E-state index contributed by atoms with van der Waals surface area (Å²) in [5, 5.41) is 9.92. The molecule has 1 saturated heterocycles. The highest BCUT2D eigenvalue weighted by Gasteiger charge is 2.31. The van der Waals surface area contributed by atoms with Gasteiger partial charge < -0.3 is 10.2 Å². The normalized spacial score (nSPS) is 16.2. The Hall–Kier alpha value is -2.92. The van der Waals surface area contributed by atoms with E-state index in [1.165, 1.54) is 27.4 Å². The first-order chi connectivity index (χ1) is 15.3. The van der Waals surface area contributed by atoms with E-state index in [0.29, 0.717) is 39.4 Å². The van der Waals surface area contributed by atoms with Gasteiger partial charge in [-0.2, -0.15) is 5.10 Å². The lowest BCUT2D eigenvalue weighted by molar-refractivity contribution is -0.121. The highest BCUT2D eigenvalue weighted by atomic mass is 32.1. The van der Waals surface area contributed by atoms with Crippen LogP contribution in [0.1, 0.15) is 39.5 Å². The predicted octanol–water partition coefficient (Wildman–Crippen LogP) is 2.78. The maximum atomic E-state index is 13.3. The number of rotatable bonds is 4. The van der Waals surface area contributed by atoms with E-state index in [1.54, 1.807) is 30.4 Å². The monoisotopic (exact) mass is 472 g/mol. The molecule has 1 unspecified atom stereocenters. The number of carbonyl (C=O) groups excluding carboxylic acids is 2. The van der Waals surface area contributed by atoms with E-state index in [1.807, 2.05) is 13.8 Å². The highest BCUT2D eigenvalue weighted by Crippen LogP contribution is 2.30. The zero-order valence-electron chi connectivity index (χ0n) is 18.3. The van der Waals surface area contributed by atoms with Crippen LogP contribution in [-0.2, 0) is 11.8 Å². The van der Waals surface area contributed by atoms with E-state index in [0.717, 1.165) is 24.1 Å². The third-order valence-electron chi connectivity index (χ3n) is 5.67. The van der Waals surface area contributed by atoms with Crippen molar-refractivity contribution in [1.29, 1.82) is 0 Å². The molecular formula is C21H24N6O3S2. The molecule has 3 aromatic heterocycles. The number of carbonyl (C=O) groups is 2. The summed E-state index contributed by atoms with van der Waals surface area (Å²) in [6.45, 7) is 6.39. The van der Waals surface area contributed by atoms with E-state index in [2.05, 4.69) is 20.4 Å². The number of amides is 2. The SMILES string of the molecule is Cc1nc(-c2c(C)c(C)nn(C)c2=O)sc1C(=O)N1CCCC(C(=O)Nc2nccs2)C1. The van der Waals surface area contributed by atoms with Crippen molar-refractivity contribution < 1.29 is 9.59 Å². The van der Waals surface area contributed by atoms with Gasteiger partial charge in [-0.1, -0.05) is 0 Å². The molecule has 3 aromatic rings. The molecule has 0 radical (unpaired) electrons. The van der Waals surface area contributed by atoms with Gasteiger partial charge in [0, 0.05) is 31.7 Å². The zero-order chi connectivity index (χ0) is 23.0. The number of aryl methyl sites for hydroxylation is 3. The molecule has 2 amide bonds. The van der Waals surface area contributed by atoms with Crippen molar-refractivity contribution in [2.24, 2.45) is 13.0 Å². The molecule has 1 aliphatic rings. The number of anilines is 1. The summed E-state index contributed by atoms with van der Waals surface area (Å²) in [4.78, 5) is 49.5. The summed E-state index contributed by atoms with van der Waals surface area (Å²) < 4.78 is 1.30. The van der Waals surface area contributed by atoms with Gasteiger partial charge in [-0.3, -0.25) is 14.4 Å². The van der Waals surface area contributed by atoms with Crippen LogP contribution in [0.2, 0.25) is 0 Å². The fraction of sp³-hybridized carbons (Fsp3) is 0.429. The number of hydrogen-bond donors (Lipinski definition) is 1. The molecule has 1 aliphatic heterocycles. The minimum absolute atomic E-state index is 0.120. The Labute approximate surface area is 193 Å². The van der Waals surface area contributed by atoms with Crippen LogP contribution in [0.4, 0.5) is 5.13 Å². The number of thiazole rings is 2. The number of hydrogen-bond acceptors (Lipinski definition) is 8. The standard InChI is InChI=1S/C21H24N6O3S2/c1-11-12(2)25-26(4)19(29)15(11)18-23-13(3)16(32-18)20(30)27-8-5-6-14(10-27)17(28)24-21-22-7-9-31-21/h7,9,14H,5-6,8,10H2,1-4H3,(H,22,24,28). The number of nitrogens with zero attached hydrogens (tertiary/aromatic N) is 5. The van der Waals surface area contributed by atoms with E-state index < -0.39 is 0 Å². The summed E-state index contributed by atoms with van der Waals surface area (Å²) in [6.07, 6.45) is 3.11. The average Bonchev–Trinajstić information content (AvgIpc) is 3.42. The van der Waals surface area contributed by atoms with Crippen LogP contribution < -0.4 is 10.9 Å². The molecular weight excluding hydrogens is 448 g/mol. The van der Waals surface area contributed by atoms with E-state index >= 15 is 0 Å². The maximum Gasteiger partial charge on any atom is 0.277 e. The fourth-order valence-electron chi connectivity index (χ4n) is 3.81. The van der Waals surface area contributed by atoms with Gasteiger partial charge in [0.25, 0.3) is 11.5 Å². The molecule has 1 fully saturated rings. The predicted molar refractivity (Wildman–Crippen MR) is 124 cm³/mol. The molecule has 9 nitrogen and oxygen atoms in total. The summed E-state index contributed by atoms with van der Waals surface area (Å²) >= 11 is 2.59. The van der Waals surface area contributed by atoms with Crippen LogP contribution >= 0.6 is 22.7 Å². The van der Waals surface area contributed by atoms with Gasteiger partial charge in [0.1, 0.15) is 9.88 Å². The van der Waals surface area contributed by atoms with Gasteiger partial charge in [0.2, 0.25) is 5.91 Å². The van der Waals surface area contributed by atoms with Crippen molar-refractivity contribution in [3.8, 4) is 10.6 Å². The Morgan fingerprint density at radius 3 is 2.72 bits per heavy atom. The molecule has 0 aliphatic carbocycles. The van der Waals surface area contributed by atoms with Crippen LogP contribution in [0.3, 0.4) is 0 Å². The quantitative estimate of drug-likeness (QED) is 0.625. The Kier molecular flexibility index (Phi) is 6.20. The van der Waals surface area contributed by atoms with Gasteiger partial charge in [-0.25, -0.2) is 14.6 Å². The molecule has 168 valence electrons. The van der Waals surface area contributed by atoms with E-state index in [4.69, 9.17) is 0 Å². The van der Waals surface area contributed by atoms with Crippen molar-refractivity contribution >= 4 is 39.6 Å². The van der Waals surface area contributed by atoms with Gasteiger partial charge in [0.05, 0.1) is 22.9 Å². The van der Waals surface area contributed by atoms with Crippen LogP contribution in [0.15, 0.2) is 16.4 Å². The minimum Gasteiger partial charge on any atom is -0.337 e. The highest BCUT2D eigenvalue weighted by molar-refractivity contribution is 7.17. The fourth-order valence-corrected chi connectivity index (χ4v) is 5.47. The van der Waals surface area contributed by atoms with Crippen molar-refractivity contribution in [2.75, 3.05) is 18.4 Å². The molecule has 11 heteroatoms. The third kappa shape index (κ3) is 4.22. The third-order valence-corrected chi connectivity index (χ3v) is 7.52. The lowest BCUT2D eigenvalue weighted by Gasteiger charge is -2.31. The summed E-state index contributed by atoms with van der Waals surface area (Å²) in [5.74, 6) is -0.564. The van der Waals surface area contributed by atoms with Crippen molar-refractivity contribution in [3.63, 3.8) is 0 Å². The molecule has 1 N–H and O–H groups in total. The lowest BCUT2D eigenvalue weighted by Crippen LogP contribution is -2.43. The molecule has 1 atom stereocenters. The van der Waals surface area contributed by atoms with Crippen LogP contribution in [0.25, 0.3) is 10.6 Å². The average molecular weight is 473 g/mol. The smallest absolute Gasteiger partial charge is 0.277 e. The second-order valence-electron chi connectivity index (χ2n) is 7.86. The first kappa shape index (κ1) is 22.3. The van der Waals surface area contributed by atoms with E-state index in [-0.39, 0.29) is 23.3 Å². The largest absolute Gasteiger partial charge is 0.337 e. The molecule has 0 saturated carbocycles. The van der Waals surface area contributed by atoms with Crippen molar-refractivity contribution in [2.45, 2.75) is 33.6 Å². The minimum atomic E-state index is -0.290. The lowest BCUT2D eigenvalue weighted by atomic mass is 9.97. The van der Waals surface area contributed by atoms with Crippen molar-refractivity contribution in [1.82, 2.24) is 24.6 Å².